The molecule has 2 rings (SSSR count). The predicted molar refractivity (Wildman–Crippen MR) is 68.7 cm³/mol. The maximum absolute atomic E-state index is 13.3. The summed E-state index contributed by atoms with van der Waals surface area (Å²) in [6.45, 7) is 0.447. The topological polar surface area (TPSA) is 89.4 Å². The molecule has 1 aromatic rings. The number of benzene rings is 1. The highest BCUT2D eigenvalue weighted by molar-refractivity contribution is 5.98. The monoisotopic (exact) mass is 265 g/mol. The fourth-order valence-corrected chi connectivity index (χ4v) is 2.37. The number of likely N-dealkylation sites (tertiary alicyclic amines) is 1. The smallest absolute Gasteiger partial charge is 0.254 e. The Kier molecular flexibility index (Phi) is 3.69. The highest BCUT2D eigenvalue weighted by Crippen LogP contribution is 2.21. The number of nitrogens with two attached hydrogens (primary N) is 2. The molecule has 5 nitrogen and oxygen atoms in total. The van der Waals surface area contributed by atoms with Gasteiger partial charge in [0.05, 0.1) is 0 Å². The zero-order valence-electron chi connectivity index (χ0n) is 10.4. The number of carbonyl (C=O) groups is 2. The number of anilines is 1. The summed E-state index contributed by atoms with van der Waals surface area (Å²) >= 11 is 0. The van der Waals surface area contributed by atoms with E-state index in [4.69, 9.17) is 11.5 Å². The molecule has 0 aliphatic carbocycles. The van der Waals surface area contributed by atoms with Gasteiger partial charge in [-0.3, -0.25) is 9.59 Å². The minimum Gasteiger partial charge on any atom is -0.399 e. The average molecular weight is 265 g/mol. The van der Waals surface area contributed by atoms with Gasteiger partial charge >= 0.3 is 0 Å². The first-order valence-electron chi connectivity index (χ1n) is 6.15. The van der Waals surface area contributed by atoms with E-state index in [-0.39, 0.29) is 11.3 Å². The van der Waals surface area contributed by atoms with Gasteiger partial charge in [0, 0.05) is 17.8 Å². The van der Waals surface area contributed by atoms with E-state index in [0.29, 0.717) is 13.0 Å². The molecule has 2 amide bonds. The summed E-state index contributed by atoms with van der Waals surface area (Å²) in [5, 5.41) is 0. The Morgan fingerprint density at radius 3 is 2.63 bits per heavy atom. The molecule has 0 aromatic heterocycles. The van der Waals surface area contributed by atoms with Crippen molar-refractivity contribution >= 4 is 17.5 Å². The van der Waals surface area contributed by atoms with Crippen molar-refractivity contribution in [2.45, 2.75) is 25.3 Å². The van der Waals surface area contributed by atoms with Crippen LogP contribution in [0.4, 0.5) is 10.1 Å². The number of nitrogens with zero attached hydrogens (tertiary/aromatic N) is 1. The molecule has 0 saturated carbocycles. The van der Waals surface area contributed by atoms with Crippen LogP contribution in [0, 0.1) is 5.82 Å². The molecule has 1 heterocycles. The second kappa shape index (κ2) is 5.26. The van der Waals surface area contributed by atoms with E-state index in [0.717, 1.165) is 25.0 Å². The highest BCUT2D eigenvalue weighted by Gasteiger charge is 2.31. The molecule has 0 bridgehead atoms. The second-order valence-corrected chi connectivity index (χ2v) is 4.69. The van der Waals surface area contributed by atoms with Crippen molar-refractivity contribution in [3.8, 4) is 0 Å². The molecule has 1 fully saturated rings. The number of amides is 2. The molecular weight excluding hydrogens is 249 g/mol. The van der Waals surface area contributed by atoms with E-state index >= 15 is 0 Å². The zero-order chi connectivity index (χ0) is 14.0. The van der Waals surface area contributed by atoms with Crippen molar-refractivity contribution in [1.29, 1.82) is 0 Å². The van der Waals surface area contributed by atoms with Crippen LogP contribution in [0.1, 0.15) is 29.6 Å². The van der Waals surface area contributed by atoms with Gasteiger partial charge in [-0.25, -0.2) is 4.39 Å². The standard InChI is InChI=1S/C13H16FN3O2/c14-9-5-8(6-10(15)7-9)13(19)17-4-2-1-3-11(17)12(16)18/h5-7,11H,1-4,15H2,(H2,16,18). The molecule has 1 aliphatic heterocycles. The minimum atomic E-state index is -0.620. The lowest BCUT2D eigenvalue weighted by atomic mass is 10.00. The molecular formula is C13H16FN3O2. The summed E-state index contributed by atoms with van der Waals surface area (Å²) < 4.78 is 13.3. The molecule has 1 aliphatic rings. The van der Waals surface area contributed by atoms with Gasteiger partial charge in [-0.05, 0) is 37.5 Å². The van der Waals surface area contributed by atoms with Gasteiger partial charge in [0.2, 0.25) is 5.91 Å². The van der Waals surface area contributed by atoms with Crippen molar-refractivity contribution in [3.05, 3.63) is 29.6 Å². The molecule has 1 aromatic carbocycles. The number of halogens is 1. The molecule has 102 valence electrons. The van der Waals surface area contributed by atoms with Gasteiger partial charge in [-0.1, -0.05) is 0 Å². The summed E-state index contributed by atoms with van der Waals surface area (Å²) in [5.74, 6) is -1.51. The van der Waals surface area contributed by atoms with Crippen molar-refractivity contribution in [1.82, 2.24) is 4.90 Å². The van der Waals surface area contributed by atoms with E-state index in [1.54, 1.807) is 0 Å². The molecule has 0 radical (unpaired) electrons. The SMILES string of the molecule is NC(=O)C1CCCCN1C(=O)c1cc(N)cc(F)c1. The van der Waals surface area contributed by atoms with Crippen LogP contribution in [-0.2, 0) is 4.79 Å². The molecule has 1 unspecified atom stereocenters. The van der Waals surface area contributed by atoms with Gasteiger partial charge in [0.1, 0.15) is 11.9 Å². The first kappa shape index (κ1) is 13.3. The summed E-state index contributed by atoms with van der Waals surface area (Å²) in [6.07, 6.45) is 2.20. The van der Waals surface area contributed by atoms with Crippen LogP contribution >= 0.6 is 0 Å². The molecule has 1 saturated heterocycles. The minimum absolute atomic E-state index is 0.144. The third kappa shape index (κ3) is 2.83. The molecule has 19 heavy (non-hydrogen) atoms. The fourth-order valence-electron chi connectivity index (χ4n) is 2.37. The maximum Gasteiger partial charge on any atom is 0.254 e. The predicted octanol–water partition coefficient (Wildman–Crippen LogP) is 0.888. The number of primary amides is 1. The van der Waals surface area contributed by atoms with Crippen LogP contribution in [0.3, 0.4) is 0 Å². The fraction of sp³-hybridized carbons (Fsp3) is 0.385. The molecule has 4 N–H and O–H groups in total. The Bertz CT molecular complexity index is 498. The number of rotatable bonds is 2. The number of carbonyl (C=O) groups excluding carboxylic acids is 2. The van der Waals surface area contributed by atoms with Crippen LogP contribution in [0.5, 0.6) is 0 Å². The lowest BCUT2D eigenvalue weighted by Gasteiger charge is -2.33. The summed E-state index contributed by atoms with van der Waals surface area (Å²) in [7, 11) is 0. The highest BCUT2D eigenvalue weighted by atomic mass is 19.1. The number of hydrogen-bond donors (Lipinski definition) is 2. The Labute approximate surface area is 110 Å². The van der Waals surface area contributed by atoms with Gasteiger partial charge in [-0.15, -0.1) is 0 Å². The van der Waals surface area contributed by atoms with E-state index in [1.165, 1.54) is 11.0 Å². The van der Waals surface area contributed by atoms with E-state index < -0.39 is 23.7 Å². The summed E-state index contributed by atoms with van der Waals surface area (Å²) in [6, 6.07) is 3.04. The van der Waals surface area contributed by atoms with Gasteiger partial charge in [0.15, 0.2) is 0 Å². The Hall–Kier alpha value is -2.11. The largest absolute Gasteiger partial charge is 0.399 e. The average Bonchev–Trinajstić information content (AvgIpc) is 2.36. The van der Waals surface area contributed by atoms with Crippen LogP contribution < -0.4 is 11.5 Å². The lowest BCUT2D eigenvalue weighted by Crippen LogP contribution is -2.50. The third-order valence-corrected chi connectivity index (χ3v) is 3.26. The number of piperidine rings is 1. The van der Waals surface area contributed by atoms with Gasteiger partial charge in [0.25, 0.3) is 5.91 Å². The second-order valence-electron chi connectivity index (χ2n) is 4.69. The van der Waals surface area contributed by atoms with E-state index in [1.807, 2.05) is 0 Å². The Morgan fingerprint density at radius 2 is 2.00 bits per heavy atom. The number of hydrogen-bond acceptors (Lipinski definition) is 3. The summed E-state index contributed by atoms with van der Waals surface area (Å²) in [4.78, 5) is 25.1. The lowest BCUT2D eigenvalue weighted by molar-refractivity contribution is -0.123. The Morgan fingerprint density at radius 1 is 1.26 bits per heavy atom. The van der Waals surface area contributed by atoms with Crippen LogP contribution in [-0.4, -0.2) is 29.3 Å². The van der Waals surface area contributed by atoms with Crippen molar-refractivity contribution < 1.29 is 14.0 Å². The zero-order valence-corrected chi connectivity index (χ0v) is 10.4. The summed E-state index contributed by atoms with van der Waals surface area (Å²) in [5.41, 5.74) is 11.1. The van der Waals surface area contributed by atoms with Crippen LogP contribution in [0.2, 0.25) is 0 Å². The van der Waals surface area contributed by atoms with Crippen molar-refractivity contribution in [3.63, 3.8) is 0 Å². The van der Waals surface area contributed by atoms with E-state index in [2.05, 4.69) is 0 Å². The molecule has 1 atom stereocenters. The first-order chi connectivity index (χ1) is 8.99. The Balaban J connectivity index is 2.28. The van der Waals surface area contributed by atoms with Gasteiger partial charge < -0.3 is 16.4 Å². The normalized spacial score (nSPS) is 19.2. The van der Waals surface area contributed by atoms with Crippen LogP contribution in [0.15, 0.2) is 18.2 Å². The molecule has 0 spiro atoms. The van der Waals surface area contributed by atoms with E-state index in [9.17, 15) is 14.0 Å². The van der Waals surface area contributed by atoms with Gasteiger partial charge in [-0.2, -0.15) is 0 Å². The van der Waals surface area contributed by atoms with Crippen molar-refractivity contribution in [2.24, 2.45) is 5.73 Å². The third-order valence-electron chi connectivity index (χ3n) is 3.26. The first-order valence-corrected chi connectivity index (χ1v) is 6.15. The van der Waals surface area contributed by atoms with Crippen molar-refractivity contribution in [2.75, 3.05) is 12.3 Å². The van der Waals surface area contributed by atoms with Crippen LogP contribution in [0.25, 0.3) is 0 Å². The quantitative estimate of drug-likeness (QED) is 0.778. The maximum atomic E-state index is 13.3. The molecule has 6 heteroatoms. The number of nitrogen functional groups attached to an aromatic ring is 1.